The Bertz CT molecular complexity index is 793. The molecule has 3 rings (SSSR count). The molecule has 130 valence electrons. The van der Waals surface area contributed by atoms with E-state index < -0.39 is 9.84 Å². The fourth-order valence-electron chi connectivity index (χ4n) is 3.21. The van der Waals surface area contributed by atoms with Gasteiger partial charge in [-0.1, -0.05) is 11.6 Å². The first-order valence-electron chi connectivity index (χ1n) is 7.86. The molecule has 0 aromatic heterocycles. The third-order valence-electron chi connectivity index (χ3n) is 4.63. The number of carbonyl (C=O) groups excluding carboxylic acids is 2. The average Bonchev–Trinajstić information content (AvgIpc) is 3.12. The van der Waals surface area contributed by atoms with Crippen LogP contribution < -0.4 is 4.90 Å². The van der Waals surface area contributed by atoms with Gasteiger partial charge in [-0.2, -0.15) is 0 Å². The van der Waals surface area contributed by atoms with Crippen LogP contribution in [0.5, 0.6) is 0 Å². The summed E-state index contributed by atoms with van der Waals surface area (Å²) in [5, 5.41) is 0.424. The Morgan fingerprint density at radius 1 is 1.38 bits per heavy atom. The van der Waals surface area contributed by atoms with Gasteiger partial charge in [-0.25, -0.2) is 8.42 Å². The first-order valence-corrected chi connectivity index (χ1v) is 10.1. The third-order valence-corrected chi connectivity index (χ3v) is 6.70. The second-order valence-electron chi connectivity index (χ2n) is 6.29. The first-order chi connectivity index (χ1) is 11.3. The summed E-state index contributed by atoms with van der Waals surface area (Å²) in [7, 11) is -1.45. The predicted octanol–water partition coefficient (Wildman–Crippen LogP) is 1.73. The summed E-state index contributed by atoms with van der Waals surface area (Å²) in [5.74, 6) is -0.151. The quantitative estimate of drug-likeness (QED) is 0.812. The zero-order valence-electron chi connectivity index (χ0n) is 13.4. The average molecular weight is 371 g/mol. The van der Waals surface area contributed by atoms with E-state index in [1.807, 2.05) is 0 Å². The third kappa shape index (κ3) is 3.28. The van der Waals surface area contributed by atoms with Crippen LogP contribution >= 0.6 is 11.6 Å². The minimum atomic E-state index is -3.06. The Morgan fingerprint density at radius 3 is 2.71 bits per heavy atom. The van der Waals surface area contributed by atoms with Crippen LogP contribution in [0.15, 0.2) is 18.2 Å². The van der Waals surface area contributed by atoms with Crippen LogP contribution in [0.4, 0.5) is 5.69 Å². The molecule has 0 unspecified atom stereocenters. The molecule has 2 fully saturated rings. The summed E-state index contributed by atoms with van der Waals surface area (Å²) < 4.78 is 23.2. The molecule has 8 heteroatoms. The molecule has 0 spiro atoms. The molecule has 0 N–H and O–H groups in total. The lowest BCUT2D eigenvalue weighted by atomic mass is 10.1. The van der Waals surface area contributed by atoms with E-state index in [2.05, 4.69) is 0 Å². The lowest BCUT2D eigenvalue weighted by Gasteiger charge is -2.24. The van der Waals surface area contributed by atoms with Crippen LogP contribution in [0.25, 0.3) is 0 Å². The summed E-state index contributed by atoms with van der Waals surface area (Å²) in [6, 6.07) is 4.52. The van der Waals surface area contributed by atoms with Crippen LogP contribution in [0, 0.1) is 0 Å². The van der Waals surface area contributed by atoms with Crippen molar-refractivity contribution in [2.75, 3.05) is 30.0 Å². The molecular weight excluding hydrogens is 352 g/mol. The van der Waals surface area contributed by atoms with Gasteiger partial charge in [0.05, 0.1) is 22.2 Å². The number of benzene rings is 1. The number of amides is 2. The Hall–Kier alpha value is -1.60. The van der Waals surface area contributed by atoms with Gasteiger partial charge in [-0.3, -0.25) is 9.59 Å². The molecule has 0 aliphatic carbocycles. The van der Waals surface area contributed by atoms with E-state index in [1.54, 1.807) is 30.1 Å². The number of sulfone groups is 1. The van der Waals surface area contributed by atoms with Crippen LogP contribution in [0.2, 0.25) is 5.02 Å². The zero-order valence-corrected chi connectivity index (χ0v) is 14.9. The number of hydrogen-bond acceptors (Lipinski definition) is 4. The molecule has 1 aromatic rings. The molecule has 1 atom stereocenters. The van der Waals surface area contributed by atoms with Gasteiger partial charge < -0.3 is 9.80 Å². The Labute approximate surface area is 146 Å². The van der Waals surface area contributed by atoms with E-state index >= 15 is 0 Å². The summed E-state index contributed by atoms with van der Waals surface area (Å²) in [6.07, 6.45) is 1.71. The maximum absolute atomic E-state index is 12.7. The van der Waals surface area contributed by atoms with Gasteiger partial charge in [-0.05, 0) is 31.0 Å². The number of halogens is 1. The molecule has 0 radical (unpaired) electrons. The SMILES string of the molecule is CN(C(=O)c1ccc(Cl)c(N2CCCC2=O)c1)[C@H]1CCS(=O)(=O)C1. The number of carbonyl (C=O) groups is 2. The number of hydrogen-bond donors (Lipinski definition) is 0. The van der Waals surface area contributed by atoms with Crippen molar-refractivity contribution in [3.63, 3.8) is 0 Å². The van der Waals surface area contributed by atoms with E-state index in [1.165, 1.54) is 4.90 Å². The maximum Gasteiger partial charge on any atom is 0.253 e. The van der Waals surface area contributed by atoms with E-state index in [4.69, 9.17) is 11.6 Å². The minimum Gasteiger partial charge on any atom is -0.338 e. The monoisotopic (exact) mass is 370 g/mol. The highest BCUT2D eigenvalue weighted by atomic mass is 35.5. The van der Waals surface area contributed by atoms with E-state index in [0.717, 1.165) is 6.42 Å². The van der Waals surface area contributed by atoms with Crippen molar-refractivity contribution in [3.05, 3.63) is 28.8 Å². The van der Waals surface area contributed by atoms with E-state index in [-0.39, 0.29) is 29.4 Å². The molecule has 1 aromatic carbocycles. The Kier molecular flexibility index (Phi) is 4.57. The van der Waals surface area contributed by atoms with E-state index in [9.17, 15) is 18.0 Å². The molecular formula is C16H19ClN2O4S. The number of rotatable bonds is 3. The molecule has 2 amide bonds. The topological polar surface area (TPSA) is 74.8 Å². The zero-order chi connectivity index (χ0) is 17.5. The van der Waals surface area contributed by atoms with Crippen molar-refractivity contribution in [2.24, 2.45) is 0 Å². The Morgan fingerprint density at radius 2 is 2.12 bits per heavy atom. The molecule has 2 aliphatic rings. The lowest BCUT2D eigenvalue weighted by Crippen LogP contribution is -2.38. The van der Waals surface area contributed by atoms with Crippen molar-refractivity contribution in [3.8, 4) is 0 Å². The lowest BCUT2D eigenvalue weighted by molar-refractivity contribution is -0.117. The van der Waals surface area contributed by atoms with Crippen molar-refractivity contribution in [1.82, 2.24) is 4.90 Å². The van der Waals surface area contributed by atoms with Gasteiger partial charge in [-0.15, -0.1) is 0 Å². The van der Waals surface area contributed by atoms with E-state index in [0.29, 0.717) is 35.7 Å². The van der Waals surface area contributed by atoms with Crippen molar-refractivity contribution >= 4 is 38.9 Å². The molecule has 2 saturated heterocycles. The second-order valence-corrected chi connectivity index (χ2v) is 8.92. The van der Waals surface area contributed by atoms with Crippen LogP contribution in [-0.4, -0.2) is 56.3 Å². The molecule has 24 heavy (non-hydrogen) atoms. The fourth-order valence-corrected chi connectivity index (χ4v) is 5.20. The van der Waals surface area contributed by atoms with Gasteiger partial charge in [0.1, 0.15) is 0 Å². The first kappa shape index (κ1) is 17.2. The van der Waals surface area contributed by atoms with Crippen molar-refractivity contribution in [2.45, 2.75) is 25.3 Å². The second kappa shape index (κ2) is 6.37. The van der Waals surface area contributed by atoms with Gasteiger partial charge >= 0.3 is 0 Å². The van der Waals surface area contributed by atoms with Crippen LogP contribution in [-0.2, 0) is 14.6 Å². The molecule has 2 aliphatic heterocycles. The maximum atomic E-state index is 12.7. The highest BCUT2D eigenvalue weighted by Crippen LogP contribution is 2.31. The summed E-state index contributed by atoms with van der Waals surface area (Å²) >= 11 is 6.19. The number of anilines is 1. The largest absolute Gasteiger partial charge is 0.338 e. The highest BCUT2D eigenvalue weighted by molar-refractivity contribution is 7.91. The van der Waals surface area contributed by atoms with Crippen molar-refractivity contribution < 1.29 is 18.0 Å². The summed E-state index contributed by atoms with van der Waals surface area (Å²) in [4.78, 5) is 27.7. The Balaban J connectivity index is 1.84. The standard InChI is InChI=1S/C16H19ClN2O4S/c1-18(12-6-8-24(22,23)10-12)16(21)11-4-5-13(17)14(9-11)19-7-2-3-15(19)20/h4-5,9,12H,2-3,6-8,10H2,1H3/t12-/m0/s1. The summed E-state index contributed by atoms with van der Waals surface area (Å²) in [6.45, 7) is 0.590. The molecule has 2 heterocycles. The smallest absolute Gasteiger partial charge is 0.253 e. The molecule has 6 nitrogen and oxygen atoms in total. The molecule has 0 saturated carbocycles. The normalized spacial score (nSPS) is 22.8. The number of nitrogens with zero attached hydrogens (tertiary/aromatic N) is 2. The highest BCUT2D eigenvalue weighted by Gasteiger charge is 2.33. The van der Waals surface area contributed by atoms with Crippen LogP contribution in [0.1, 0.15) is 29.6 Å². The van der Waals surface area contributed by atoms with Gasteiger partial charge in [0.25, 0.3) is 5.91 Å². The van der Waals surface area contributed by atoms with Gasteiger partial charge in [0.15, 0.2) is 9.84 Å². The fraction of sp³-hybridized carbons (Fsp3) is 0.500. The summed E-state index contributed by atoms with van der Waals surface area (Å²) in [5.41, 5.74) is 0.943. The van der Waals surface area contributed by atoms with Gasteiger partial charge in [0, 0.05) is 31.6 Å². The van der Waals surface area contributed by atoms with Crippen molar-refractivity contribution in [1.29, 1.82) is 0 Å². The molecule has 0 bridgehead atoms. The van der Waals surface area contributed by atoms with Gasteiger partial charge in [0.2, 0.25) is 5.91 Å². The minimum absolute atomic E-state index is 0.000295. The predicted molar refractivity (Wildman–Crippen MR) is 92.2 cm³/mol. The van der Waals surface area contributed by atoms with Crippen LogP contribution in [0.3, 0.4) is 0 Å².